The largest absolute Gasteiger partial charge is 0.465 e. The van der Waals surface area contributed by atoms with Crippen LogP contribution in [0.2, 0.25) is 10.0 Å². The molecule has 4 rings (SSSR count). The van der Waals surface area contributed by atoms with Gasteiger partial charge in [-0.05, 0) is 19.1 Å². The molecule has 2 heterocycles. The molecule has 0 aliphatic rings. The fourth-order valence-corrected chi connectivity index (χ4v) is 4.23. The summed E-state index contributed by atoms with van der Waals surface area (Å²) in [7, 11) is 1.33. The Bertz CT molecular complexity index is 1320. The highest BCUT2D eigenvalue weighted by Crippen LogP contribution is 2.30. The molecule has 0 bridgehead atoms. The molecule has 0 atom stereocenters. The molecule has 0 spiro atoms. The van der Waals surface area contributed by atoms with E-state index < -0.39 is 5.97 Å². The zero-order valence-corrected chi connectivity index (χ0v) is 18.2. The summed E-state index contributed by atoms with van der Waals surface area (Å²) < 4.78 is 10.8. The van der Waals surface area contributed by atoms with Gasteiger partial charge in [-0.15, -0.1) is 0 Å². The molecule has 2 aromatic heterocycles. The lowest BCUT2D eigenvalue weighted by atomic mass is 10.1. The summed E-state index contributed by atoms with van der Waals surface area (Å²) in [6.45, 7) is 1.73. The smallest absolute Gasteiger partial charge is 0.350 e. The SMILES string of the molecule is COC(=O)c1sc(NN=c2cc(-c3ccccc3)oc3c(Cl)cc(Cl)cc23)nc1C. The van der Waals surface area contributed by atoms with Crippen LogP contribution in [0.1, 0.15) is 15.4 Å². The third-order valence-corrected chi connectivity index (χ3v) is 5.80. The lowest BCUT2D eigenvalue weighted by Crippen LogP contribution is -2.07. The Hall–Kier alpha value is -2.87. The van der Waals surface area contributed by atoms with Crippen LogP contribution in [0.15, 0.2) is 58.0 Å². The molecule has 9 heteroatoms. The average molecular weight is 460 g/mol. The Kier molecular flexibility index (Phi) is 5.76. The van der Waals surface area contributed by atoms with E-state index in [2.05, 4.69) is 15.5 Å². The van der Waals surface area contributed by atoms with Crippen molar-refractivity contribution in [1.82, 2.24) is 4.98 Å². The first kappa shape index (κ1) is 20.4. The third-order valence-electron chi connectivity index (χ3n) is 4.26. The molecule has 0 saturated carbocycles. The molecule has 0 aliphatic carbocycles. The van der Waals surface area contributed by atoms with Gasteiger partial charge in [-0.3, -0.25) is 5.43 Å². The van der Waals surface area contributed by atoms with Gasteiger partial charge in [-0.2, -0.15) is 5.10 Å². The van der Waals surface area contributed by atoms with Gasteiger partial charge in [-0.1, -0.05) is 64.9 Å². The third kappa shape index (κ3) is 4.05. The van der Waals surface area contributed by atoms with Crippen LogP contribution in [-0.2, 0) is 4.74 Å². The lowest BCUT2D eigenvalue weighted by molar-refractivity contribution is 0.0605. The molecule has 30 heavy (non-hydrogen) atoms. The van der Waals surface area contributed by atoms with Crippen molar-refractivity contribution in [3.63, 3.8) is 0 Å². The van der Waals surface area contributed by atoms with Crippen molar-refractivity contribution in [3.8, 4) is 11.3 Å². The van der Waals surface area contributed by atoms with E-state index in [9.17, 15) is 4.79 Å². The Labute approximate surface area is 185 Å². The zero-order valence-electron chi connectivity index (χ0n) is 15.9. The number of rotatable bonds is 4. The van der Waals surface area contributed by atoms with Crippen molar-refractivity contribution < 1.29 is 13.9 Å². The van der Waals surface area contributed by atoms with Crippen molar-refractivity contribution in [2.24, 2.45) is 5.10 Å². The van der Waals surface area contributed by atoms with Crippen LogP contribution < -0.4 is 10.8 Å². The van der Waals surface area contributed by atoms with E-state index in [0.717, 1.165) is 16.9 Å². The predicted octanol–water partition coefficient (Wildman–Crippen LogP) is 5.89. The van der Waals surface area contributed by atoms with Gasteiger partial charge in [-0.25, -0.2) is 9.78 Å². The van der Waals surface area contributed by atoms with Crippen LogP contribution in [0.4, 0.5) is 5.13 Å². The molecule has 0 saturated heterocycles. The fraction of sp³-hybridized carbons (Fsp3) is 0.0952. The number of carbonyl (C=O) groups excluding carboxylic acids is 1. The summed E-state index contributed by atoms with van der Waals surface area (Å²) in [5.41, 5.74) is 4.81. The minimum atomic E-state index is -0.438. The number of benzene rings is 2. The summed E-state index contributed by atoms with van der Waals surface area (Å²) in [6.07, 6.45) is 0. The number of aryl methyl sites for hydroxylation is 1. The van der Waals surface area contributed by atoms with E-state index in [1.165, 1.54) is 7.11 Å². The summed E-state index contributed by atoms with van der Waals surface area (Å²) in [4.78, 5) is 16.6. The summed E-state index contributed by atoms with van der Waals surface area (Å²) in [5.74, 6) is 0.158. The number of carbonyl (C=O) groups is 1. The number of methoxy groups -OCH3 is 1. The summed E-state index contributed by atoms with van der Waals surface area (Å²) in [6, 6.07) is 14.8. The number of nitrogens with one attached hydrogen (secondary N) is 1. The molecule has 152 valence electrons. The number of ether oxygens (including phenoxy) is 1. The van der Waals surface area contributed by atoms with Crippen molar-refractivity contribution in [3.05, 3.63) is 74.5 Å². The summed E-state index contributed by atoms with van der Waals surface area (Å²) in [5, 5.41) is 6.98. The number of thiazole rings is 1. The van der Waals surface area contributed by atoms with Gasteiger partial charge in [0.1, 0.15) is 10.6 Å². The molecule has 4 aromatic rings. The molecule has 0 radical (unpaired) electrons. The standard InChI is InChI=1S/C21H15Cl2N3O3S/c1-11-19(20(27)28-2)30-21(24-11)26-25-16-10-17(12-6-4-3-5-7-12)29-18-14(16)8-13(22)9-15(18)23/h3-10H,1-2H3,(H,24,26). The van der Waals surface area contributed by atoms with E-state index in [4.69, 9.17) is 32.4 Å². The second-order valence-corrected chi connectivity index (χ2v) is 8.12. The van der Waals surface area contributed by atoms with Gasteiger partial charge < -0.3 is 9.15 Å². The molecule has 1 N–H and O–H groups in total. The van der Waals surface area contributed by atoms with Crippen LogP contribution >= 0.6 is 34.5 Å². The van der Waals surface area contributed by atoms with E-state index in [1.54, 1.807) is 25.1 Å². The monoisotopic (exact) mass is 459 g/mol. The molecule has 6 nitrogen and oxygen atoms in total. The maximum absolute atomic E-state index is 11.8. The molecular formula is C21H15Cl2N3O3S. The first-order valence-electron chi connectivity index (χ1n) is 8.80. The van der Waals surface area contributed by atoms with Gasteiger partial charge in [0, 0.05) is 22.0 Å². The van der Waals surface area contributed by atoms with E-state index in [1.807, 2.05) is 30.3 Å². The van der Waals surface area contributed by atoms with Crippen LogP contribution in [0.3, 0.4) is 0 Å². The number of halogens is 2. The minimum Gasteiger partial charge on any atom is -0.465 e. The van der Waals surface area contributed by atoms with Gasteiger partial charge in [0.15, 0.2) is 5.58 Å². The predicted molar refractivity (Wildman–Crippen MR) is 119 cm³/mol. The number of aromatic nitrogens is 1. The Morgan fingerprint density at radius 2 is 1.97 bits per heavy atom. The highest BCUT2D eigenvalue weighted by molar-refractivity contribution is 7.17. The fourth-order valence-electron chi connectivity index (χ4n) is 2.87. The number of hydrogen-bond acceptors (Lipinski definition) is 7. The van der Waals surface area contributed by atoms with Gasteiger partial charge in [0.2, 0.25) is 5.13 Å². The number of nitrogens with zero attached hydrogens (tertiary/aromatic N) is 2. The zero-order chi connectivity index (χ0) is 21.3. The first-order valence-corrected chi connectivity index (χ1v) is 10.4. The second-order valence-electron chi connectivity index (χ2n) is 6.27. The van der Waals surface area contributed by atoms with Crippen molar-refractivity contribution in [1.29, 1.82) is 0 Å². The number of esters is 1. The highest BCUT2D eigenvalue weighted by atomic mass is 35.5. The molecule has 0 unspecified atom stereocenters. The highest BCUT2D eigenvalue weighted by Gasteiger charge is 2.16. The molecular weight excluding hydrogens is 445 g/mol. The lowest BCUT2D eigenvalue weighted by Gasteiger charge is -2.07. The van der Waals surface area contributed by atoms with Crippen LogP contribution in [0.25, 0.3) is 22.3 Å². The van der Waals surface area contributed by atoms with Gasteiger partial charge in [0.25, 0.3) is 0 Å². The number of fused-ring (bicyclic) bond motifs is 1. The maximum atomic E-state index is 11.8. The van der Waals surface area contributed by atoms with Crippen LogP contribution in [0, 0.1) is 6.92 Å². The van der Waals surface area contributed by atoms with Gasteiger partial charge >= 0.3 is 5.97 Å². The Morgan fingerprint density at radius 3 is 2.70 bits per heavy atom. The van der Waals surface area contributed by atoms with Gasteiger partial charge in [0.05, 0.1) is 23.2 Å². The molecule has 2 aromatic carbocycles. The molecule has 0 aliphatic heterocycles. The van der Waals surface area contributed by atoms with E-state index in [-0.39, 0.29) is 0 Å². The number of hydrogen-bond donors (Lipinski definition) is 1. The van der Waals surface area contributed by atoms with Crippen molar-refractivity contribution in [2.45, 2.75) is 6.92 Å². The van der Waals surface area contributed by atoms with E-state index in [0.29, 0.717) is 47.8 Å². The quantitative estimate of drug-likeness (QED) is 0.304. The average Bonchev–Trinajstić information content (AvgIpc) is 3.12. The molecule has 0 amide bonds. The Balaban J connectivity index is 1.85. The maximum Gasteiger partial charge on any atom is 0.350 e. The van der Waals surface area contributed by atoms with Crippen molar-refractivity contribution >= 4 is 56.6 Å². The molecule has 0 fully saturated rings. The van der Waals surface area contributed by atoms with Crippen molar-refractivity contribution in [2.75, 3.05) is 12.5 Å². The number of anilines is 1. The minimum absolute atomic E-state index is 0.379. The first-order chi connectivity index (χ1) is 14.5. The summed E-state index contributed by atoms with van der Waals surface area (Å²) >= 11 is 13.7. The topological polar surface area (TPSA) is 76.7 Å². The normalized spacial score (nSPS) is 11.7. The van der Waals surface area contributed by atoms with Crippen LogP contribution in [0.5, 0.6) is 0 Å². The van der Waals surface area contributed by atoms with Crippen LogP contribution in [-0.4, -0.2) is 18.1 Å². The Morgan fingerprint density at radius 1 is 1.20 bits per heavy atom. The second kappa shape index (κ2) is 8.47. The van der Waals surface area contributed by atoms with E-state index >= 15 is 0 Å².